The molecular formula is C73H163N7. The lowest BCUT2D eigenvalue weighted by molar-refractivity contribution is 0.736. The van der Waals surface area contributed by atoms with Crippen LogP contribution in [0.2, 0.25) is 0 Å². The molecule has 0 aliphatic rings. The third-order valence-electron chi connectivity index (χ3n) is 2.67. The summed E-state index contributed by atoms with van der Waals surface area (Å²) in [5.74, 6) is 4.17. The topological polar surface area (TPSA) is 90.2 Å². The monoisotopic (exact) mass is 1140 g/mol. The third-order valence-corrected chi connectivity index (χ3v) is 2.67. The Morgan fingerprint density at radius 2 is 0.275 bits per heavy atom. The fourth-order valence-electron chi connectivity index (χ4n) is 1.46. The van der Waals surface area contributed by atoms with Gasteiger partial charge in [0.05, 0.1) is 0 Å². The number of pyridine rings is 1. The van der Waals surface area contributed by atoms with E-state index in [4.69, 9.17) is 0 Å². The molecule has 0 N–H and O–H groups in total. The van der Waals surface area contributed by atoms with Crippen LogP contribution < -0.4 is 0 Å². The molecule has 1 aromatic carbocycles. The van der Waals surface area contributed by atoms with Gasteiger partial charge in [0.25, 0.3) is 0 Å². The van der Waals surface area contributed by atoms with Crippen LogP contribution >= 0.6 is 0 Å². The second-order valence-corrected chi connectivity index (χ2v) is 13.6. The molecule has 7 nitrogen and oxygen atoms in total. The largest absolute Gasteiger partial charge is 0.265 e. The highest BCUT2D eigenvalue weighted by Gasteiger charge is 1.70. The zero-order valence-electron chi connectivity index (χ0n) is 64.3. The summed E-state index contributed by atoms with van der Waals surface area (Å²) in [7, 11) is 0. The molecule has 4 aromatic heterocycles. The molecule has 0 fully saturated rings. The van der Waals surface area contributed by atoms with Crippen molar-refractivity contribution in [1.29, 1.82) is 0 Å². The van der Waals surface area contributed by atoms with Gasteiger partial charge in [-0.15, -0.1) is 0 Å². The van der Waals surface area contributed by atoms with Gasteiger partial charge in [0.1, 0.15) is 6.33 Å². The van der Waals surface area contributed by atoms with Crippen LogP contribution in [0.1, 0.15) is 312 Å². The average Bonchev–Trinajstić information content (AvgIpc) is 3.55. The maximum absolute atomic E-state index is 3.78. The van der Waals surface area contributed by atoms with E-state index in [9.17, 15) is 0 Å². The number of nitrogens with zero attached hydrogens (tertiary/aromatic N) is 7. The van der Waals surface area contributed by atoms with Crippen molar-refractivity contribution in [2.45, 2.75) is 312 Å². The molecule has 0 unspecified atom stereocenters. The number of aromatic nitrogens is 7. The Hall–Kier alpha value is -4.39. The molecule has 80 heavy (non-hydrogen) atoms. The van der Waals surface area contributed by atoms with E-state index in [-0.39, 0.29) is 0 Å². The maximum Gasteiger partial charge on any atom is 0.115 e. The van der Waals surface area contributed by atoms with Crippen LogP contribution in [0, 0.1) is 29.6 Å². The molecule has 0 aliphatic carbocycles. The lowest BCUT2D eigenvalue weighted by Crippen LogP contribution is -1.69. The predicted octanol–water partition coefficient (Wildman–Crippen LogP) is 27.9. The zero-order valence-corrected chi connectivity index (χ0v) is 64.3. The fourth-order valence-corrected chi connectivity index (χ4v) is 1.46. The average molecular weight is 1140 g/mol. The fraction of sp³-hybridized carbons (Fsp3) is 0.685. The smallest absolute Gasteiger partial charge is 0.115 e. The number of benzene rings is 1. The minimum Gasteiger partial charge on any atom is -0.265 e. The van der Waals surface area contributed by atoms with Gasteiger partial charge in [-0.2, -0.15) is 10.2 Å². The van der Waals surface area contributed by atoms with Crippen LogP contribution in [0.5, 0.6) is 0 Å². The number of hydrogen-bond acceptors (Lipinski definition) is 7. The van der Waals surface area contributed by atoms with Crippen LogP contribution in [-0.4, -0.2) is 35.1 Å². The second-order valence-electron chi connectivity index (χ2n) is 13.6. The van der Waals surface area contributed by atoms with Crippen molar-refractivity contribution >= 4 is 0 Å². The van der Waals surface area contributed by atoms with Crippen molar-refractivity contribution < 1.29 is 0 Å². The lowest BCUT2D eigenvalue weighted by atomic mass is 10.3. The highest BCUT2D eigenvalue weighted by atomic mass is 15.1. The Labute approximate surface area is 515 Å². The van der Waals surface area contributed by atoms with Crippen molar-refractivity contribution in [2.24, 2.45) is 29.6 Å². The molecular weight excluding hydrogens is 975 g/mol. The molecule has 0 saturated heterocycles. The SMILES string of the molecule is CC.CC.CC.CC.CC.CC.CC.CC.CC.CC.CC.CC.CC.CC.CC.CC(C)C.CC(C)C.CC(C)C.CC(C)C.CC(C)C.c1ccccc1.c1ccncc1.c1ccnnc1.c1cnccn1.c1cncnc1. The Kier molecular flexibility index (Phi) is 417. The molecule has 0 radical (unpaired) electrons. The van der Waals surface area contributed by atoms with Gasteiger partial charge in [0, 0.05) is 62.0 Å². The van der Waals surface area contributed by atoms with Gasteiger partial charge in [0.15, 0.2) is 0 Å². The molecule has 0 bridgehead atoms. The molecule has 4 heterocycles. The van der Waals surface area contributed by atoms with E-state index in [1.807, 2.05) is 274 Å². The summed E-state index contributed by atoms with van der Waals surface area (Å²) in [6, 6.07) is 23.1. The Balaban J connectivity index is -0.0000000265. The van der Waals surface area contributed by atoms with Gasteiger partial charge in [0.2, 0.25) is 0 Å². The minimum atomic E-state index is 0.833. The van der Waals surface area contributed by atoms with Crippen molar-refractivity contribution in [3.8, 4) is 0 Å². The molecule has 0 aliphatic heterocycles. The van der Waals surface area contributed by atoms with Crippen LogP contribution in [0.25, 0.3) is 0 Å². The van der Waals surface area contributed by atoms with Gasteiger partial charge in [-0.05, 0) is 59.9 Å². The van der Waals surface area contributed by atoms with Crippen molar-refractivity contribution in [2.75, 3.05) is 0 Å². The van der Waals surface area contributed by atoms with E-state index >= 15 is 0 Å². The first-order valence-corrected chi connectivity index (χ1v) is 32.6. The molecule has 5 rings (SSSR count). The van der Waals surface area contributed by atoms with Crippen LogP contribution in [0.3, 0.4) is 0 Å². The minimum absolute atomic E-state index is 0.833. The van der Waals surface area contributed by atoms with E-state index in [2.05, 4.69) is 139 Å². The van der Waals surface area contributed by atoms with Crippen LogP contribution in [0.15, 0.2) is 141 Å². The number of hydrogen-bond donors (Lipinski definition) is 0. The lowest BCUT2D eigenvalue weighted by Gasteiger charge is -1.79. The van der Waals surface area contributed by atoms with E-state index < -0.39 is 0 Å². The first kappa shape index (κ1) is 136. The first-order chi connectivity index (χ1) is 38.7. The zero-order chi connectivity index (χ0) is 69.1. The summed E-state index contributed by atoms with van der Waals surface area (Å²) in [5, 5.41) is 7.07. The van der Waals surface area contributed by atoms with Crippen molar-refractivity contribution in [3.63, 3.8) is 0 Å². The molecule has 7 heteroatoms. The van der Waals surface area contributed by atoms with Crippen molar-refractivity contribution in [1.82, 2.24) is 35.1 Å². The first-order valence-electron chi connectivity index (χ1n) is 32.6. The van der Waals surface area contributed by atoms with Gasteiger partial charge >= 0.3 is 0 Å². The molecule has 0 spiro atoms. The standard InChI is InChI=1S/C6H6.C5H5N.3C4H4N2.5C4H10.15C2H6/c2*1-2-4-6-5-3-1;1-2-6-4-3-5-1;1-2-5-4-6-3-1;1-2-4-6-5-3-1;5*1-4(2)3;15*1-2/h1-6H;1-5H;3*1-4H;5*4H,1-3H3;15*1-2H3. The Morgan fingerprint density at radius 1 is 0.150 bits per heavy atom. The highest BCUT2D eigenvalue weighted by Crippen LogP contribution is 1.83. The van der Waals surface area contributed by atoms with Gasteiger partial charge in [-0.25, -0.2) is 9.97 Å². The normalized spacial score (nSPS) is 6.38. The molecule has 0 atom stereocenters. The Morgan fingerprint density at radius 3 is 0.338 bits per heavy atom. The molecule has 0 amide bonds. The summed E-state index contributed by atoms with van der Waals surface area (Å²) in [4.78, 5) is 18.6. The second kappa shape index (κ2) is 245. The van der Waals surface area contributed by atoms with Gasteiger partial charge < -0.3 is 0 Å². The summed E-state index contributed by atoms with van der Waals surface area (Å²) in [6.07, 6.45) is 18.2. The summed E-state index contributed by atoms with van der Waals surface area (Å²) in [5.41, 5.74) is 0. The van der Waals surface area contributed by atoms with Crippen molar-refractivity contribution in [3.05, 3.63) is 141 Å². The van der Waals surface area contributed by atoms with E-state index in [0.29, 0.717) is 0 Å². The molecule has 490 valence electrons. The molecule has 0 saturated carbocycles. The van der Waals surface area contributed by atoms with E-state index in [1.165, 1.54) is 6.33 Å². The van der Waals surface area contributed by atoms with E-state index in [0.717, 1.165) is 29.6 Å². The third kappa shape index (κ3) is 592. The van der Waals surface area contributed by atoms with Gasteiger partial charge in [-0.3, -0.25) is 15.0 Å². The Bertz CT molecular complexity index is 754. The quantitative estimate of drug-likeness (QED) is 0.153. The summed E-state index contributed by atoms with van der Waals surface area (Å²) in [6.45, 7) is 92.5. The number of rotatable bonds is 0. The highest BCUT2D eigenvalue weighted by molar-refractivity contribution is 4.99. The predicted molar refractivity (Wildman–Crippen MR) is 390 cm³/mol. The van der Waals surface area contributed by atoms with Gasteiger partial charge in [-0.1, -0.05) is 354 Å². The van der Waals surface area contributed by atoms with E-state index in [1.54, 1.807) is 68.0 Å². The molecule has 5 aromatic rings. The van der Waals surface area contributed by atoms with Crippen LogP contribution in [-0.2, 0) is 0 Å². The summed E-state index contributed by atoms with van der Waals surface area (Å²) < 4.78 is 0. The van der Waals surface area contributed by atoms with Crippen LogP contribution in [0.4, 0.5) is 0 Å². The maximum atomic E-state index is 3.78. The summed E-state index contributed by atoms with van der Waals surface area (Å²) >= 11 is 0.